The summed E-state index contributed by atoms with van der Waals surface area (Å²) < 4.78 is 0. The zero-order valence-corrected chi connectivity index (χ0v) is 12.0. The van der Waals surface area contributed by atoms with Gasteiger partial charge >= 0.3 is 0 Å². The fourth-order valence-corrected chi connectivity index (χ4v) is 4.10. The Kier molecular flexibility index (Phi) is 3.12. The van der Waals surface area contributed by atoms with E-state index in [0.29, 0.717) is 18.5 Å². The number of benzene rings is 1. The van der Waals surface area contributed by atoms with Crippen LogP contribution in [0.1, 0.15) is 24.4 Å². The van der Waals surface area contributed by atoms with Gasteiger partial charge in [0.15, 0.2) is 0 Å². The van der Waals surface area contributed by atoms with Gasteiger partial charge in [0.25, 0.3) is 0 Å². The van der Waals surface area contributed by atoms with Crippen LogP contribution in [0.15, 0.2) is 29.4 Å². The molecule has 2 bridgehead atoms. The normalized spacial score (nSPS) is 34.0. The standard InChI is InChI=1S/C16H21N3O2/c20-10-9-19-15(12-1-3-13(21)4-2-12)16-14(17-19)11-5-7-18(16)8-6-11/h1-4,11,15-16,20-21H,5-10H2. The number of nitrogens with zero attached hydrogens (tertiary/aromatic N) is 3. The van der Waals surface area contributed by atoms with Gasteiger partial charge in [0.05, 0.1) is 30.9 Å². The average Bonchev–Trinajstić information content (AvgIpc) is 2.91. The van der Waals surface area contributed by atoms with E-state index in [2.05, 4.69) is 4.90 Å². The summed E-state index contributed by atoms with van der Waals surface area (Å²) in [7, 11) is 0. The van der Waals surface area contributed by atoms with Crippen LogP contribution in [0.3, 0.4) is 0 Å². The van der Waals surface area contributed by atoms with Crippen molar-refractivity contribution in [2.75, 3.05) is 26.2 Å². The first kappa shape index (κ1) is 13.1. The van der Waals surface area contributed by atoms with Crippen LogP contribution in [0.5, 0.6) is 5.75 Å². The number of hydrazone groups is 1. The van der Waals surface area contributed by atoms with E-state index in [9.17, 15) is 10.2 Å². The minimum atomic E-state index is 0.114. The summed E-state index contributed by atoms with van der Waals surface area (Å²) in [6.45, 7) is 2.97. The SMILES string of the molecule is OCCN1N=C2C3CCN(CC3)C2C1c1ccc(O)cc1. The van der Waals surface area contributed by atoms with Crippen LogP contribution in [0, 0.1) is 5.92 Å². The number of hydrogen-bond donors (Lipinski definition) is 2. The van der Waals surface area contributed by atoms with Crippen molar-refractivity contribution in [2.45, 2.75) is 24.9 Å². The van der Waals surface area contributed by atoms with E-state index in [-0.39, 0.29) is 18.4 Å². The van der Waals surface area contributed by atoms with Crippen molar-refractivity contribution < 1.29 is 10.2 Å². The van der Waals surface area contributed by atoms with Crippen LogP contribution in [-0.2, 0) is 0 Å². The van der Waals surface area contributed by atoms with Crippen LogP contribution in [0.25, 0.3) is 0 Å². The second kappa shape index (κ2) is 5.00. The molecule has 0 aromatic heterocycles. The number of aliphatic hydroxyl groups is 1. The number of phenols is 1. The predicted octanol–water partition coefficient (Wildman–Crippen LogP) is 1.19. The molecule has 2 unspecified atom stereocenters. The van der Waals surface area contributed by atoms with Gasteiger partial charge < -0.3 is 10.2 Å². The molecule has 5 heteroatoms. The molecule has 4 aliphatic rings. The minimum Gasteiger partial charge on any atom is -0.508 e. The third kappa shape index (κ3) is 2.03. The van der Waals surface area contributed by atoms with Crippen LogP contribution in [0.2, 0.25) is 0 Å². The number of β-amino-alcohol motifs (C(OH)–C–C–N with tert-alkyl or cyclic N) is 1. The third-order valence-corrected chi connectivity index (χ3v) is 5.07. The molecule has 5 nitrogen and oxygen atoms in total. The first-order valence-electron chi connectivity index (χ1n) is 7.77. The number of fused-ring (bicyclic) bond motifs is 2. The molecule has 0 radical (unpaired) electrons. The van der Waals surface area contributed by atoms with Gasteiger partial charge in [-0.1, -0.05) is 12.1 Å². The monoisotopic (exact) mass is 287 g/mol. The van der Waals surface area contributed by atoms with Crippen molar-refractivity contribution in [1.82, 2.24) is 9.91 Å². The molecule has 2 N–H and O–H groups in total. The molecule has 21 heavy (non-hydrogen) atoms. The zero-order chi connectivity index (χ0) is 14.4. The maximum atomic E-state index is 9.51. The first-order valence-corrected chi connectivity index (χ1v) is 7.77. The molecule has 112 valence electrons. The molecule has 0 amide bonds. The Labute approximate surface area is 124 Å². The van der Waals surface area contributed by atoms with E-state index in [1.54, 1.807) is 12.1 Å². The highest BCUT2D eigenvalue weighted by Gasteiger charge is 2.49. The van der Waals surface area contributed by atoms with Crippen molar-refractivity contribution in [1.29, 1.82) is 0 Å². The lowest BCUT2D eigenvalue weighted by Crippen LogP contribution is -2.56. The Hall–Kier alpha value is -1.59. The lowest BCUT2D eigenvalue weighted by molar-refractivity contribution is 0.0874. The highest BCUT2D eigenvalue weighted by molar-refractivity contribution is 5.95. The molecular formula is C16H21N3O2. The first-order chi connectivity index (χ1) is 10.3. The molecule has 3 fully saturated rings. The molecule has 0 aliphatic carbocycles. The van der Waals surface area contributed by atoms with E-state index >= 15 is 0 Å². The molecule has 3 saturated heterocycles. The lowest BCUT2D eigenvalue weighted by Gasteiger charge is -2.46. The molecule has 4 heterocycles. The Morgan fingerprint density at radius 2 is 1.81 bits per heavy atom. The van der Waals surface area contributed by atoms with Gasteiger partial charge in [-0.25, -0.2) is 0 Å². The molecule has 0 saturated carbocycles. The quantitative estimate of drug-likeness (QED) is 0.877. The summed E-state index contributed by atoms with van der Waals surface area (Å²) in [5.74, 6) is 0.903. The van der Waals surface area contributed by atoms with Crippen LogP contribution >= 0.6 is 0 Å². The van der Waals surface area contributed by atoms with Crippen molar-refractivity contribution in [3.8, 4) is 5.75 Å². The van der Waals surface area contributed by atoms with Gasteiger partial charge in [0.2, 0.25) is 0 Å². The summed E-state index contributed by atoms with van der Waals surface area (Å²) >= 11 is 0. The number of aliphatic hydroxyl groups excluding tert-OH is 1. The number of hydrogen-bond acceptors (Lipinski definition) is 5. The van der Waals surface area contributed by atoms with Crippen molar-refractivity contribution >= 4 is 5.71 Å². The van der Waals surface area contributed by atoms with E-state index in [0.717, 1.165) is 18.7 Å². The Balaban J connectivity index is 1.72. The highest BCUT2D eigenvalue weighted by atomic mass is 16.3. The predicted molar refractivity (Wildman–Crippen MR) is 80.2 cm³/mol. The third-order valence-electron chi connectivity index (χ3n) is 5.07. The van der Waals surface area contributed by atoms with Gasteiger partial charge in [-0.3, -0.25) is 9.91 Å². The van der Waals surface area contributed by atoms with Crippen molar-refractivity contribution in [2.24, 2.45) is 11.0 Å². The van der Waals surface area contributed by atoms with Gasteiger partial charge in [-0.15, -0.1) is 0 Å². The smallest absolute Gasteiger partial charge is 0.115 e. The maximum Gasteiger partial charge on any atom is 0.115 e. The maximum absolute atomic E-state index is 9.51. The molecule has 5 rings (SSSR count). The van der Waals surface area contributed by atoms with Crippen molar-refractivity contribution in [3.63, 3.8) is 0 Å². The Bertz CT molecular complexity index is 549. The van der Waals surface area contributed by atoms with Gasteiger partial charge in [0.1, 0.15) is 5.75 Å². The largest absolute Gasteiger partial charge is 0.508 e. The minimum absolute atomic E-state index is 0.114. The number of phenolic OH excluding ortho intramolecular Hbond substituents is 1. The van der Waals surface area contributed by atoms with Crippen LogP contribution in [0.4, 0.5) is 0 Å². The summed E-state index contributed by atoms with van der Waals surface area (Å²) in [5.41, 5.74) is 2.47. The molecular weight excluding hydrogens is 266 g/mol. The summed E-state index contributed by atoms with van der Waals surface area (Å²) in [6.07, 6.45) is 2.43. The average molecular weight is 287 g/mol. The van der Waals surface area contributed by atoms with Crippen molar-refractivity contribution in [3.05, 3.63) is 29.8 Å². The molecule has 1 aromatic rings. The summed E-state index contributed by atoms with van der Waals surface area (Å²) in [4.78, 5) is 2.54. The van der Waals surface area contributed by atoms with E-state index in [4.69, 9.17) is 5.10 Å². The number of piperidine rings is 3. The van der Waals surface area contributed by atoms with E-state index in [1.165, 1.54) is 18.6 Å². The van der Waals surface area contributed by atoms with Crippen LogP contribution < -0.4 is 0 Å². The fourth-order valence-electron chi connectivity index (χ4n) is 4.10. The summed E-state index contributed by atoms with van der Waals surface area (Å²) in [6, 6.07) is 7.93. The second-order valence-corrected chi connectivity index (χ2v) is 6.20. The second-order valence-electron chi connectivity index (χ2n) is 6.20. The van der Waals surface area contributed by atoms with Gasteiger partial charge in [0, 0.05) is 5.92 Å². The fraction of sp³-hybridized carbons (Fsp3) is 0.562. The van der Waals surface area contributed by atoms with E-state index in [1.807, 2.05) is 17.1 Å². The Morgan fingerprint density at radius 3 is 2.48 bits per heavy atom. The number of rotatable bonds is 3. The topological polar surface area (TPSA) is 59.3 Å². The lowest BCUT2D eigenvalue weighted by atomic mass is 9.78. The molecule has 4 aliphatic heterocycles. The van der Waals surface area contributed by atoms with Gasteiger partial charge in [-0.05, 0) is 43.6 Å². The van der Waals surface area contributed by atoms with Gasteiger partial charge in [-0.2, -0.15) is 5.10 Å². The number of aromatic hydroxyl groups is 1. The highest BCUT2D eigenvalue weighted by Crippen LogP contribution is 2.43. The van der Waals surface area contributed by atoms with Crippen LogP contribution in [-0.4, -0.2) is 58.1 Å². The molecule has 0 spiro atoms. The molecule has 2 atom stereocenters. The Morgan fingerprint density at radius 1 is 1.10 bits per heavy atom. The zero-order valence-electron chi connectivity index (χ0n) is 12.0. The van der Waals surface area contributed by atoms with E-state index < -0.39 is 0 Å². The molecule has 1 aromatic carbocycles. The summed E-state index contributed by atoms with van der Waals surface area (Å²) in [5, 5.41) is 25.8.